The first kappa shape index (κ1) is 14.6. The topological polar surface area (TPSA) is 57.4 Å². The van der Waals surface area contributed by atoms with Gasteiger partial charge in [-0.15, -0.1) is 11.3 Å². The molecular weight excluding hydrogens is 236 g/mol. The number of ether oxygens (including phenoxy) is 2. The highest BCUT2D eigenvalue weighted by atomic mass is 32.1. The van der Waals surface area contributed by atoms with Crippen molar-refractivity contribution in [3.05, 3.63) is 16.1 Å². The molecule has 1 unspecified atom stereocenters. The van der Waals surface area contributed by atoms with Gasteiger partial charge < -0.3 is 15.2 Å². The minimum absolute atomic E-state index is 0.225. The van der Waals surface area contributed by atoms with Crippen LogP contribution in [0.25, 0.3) is 0 Å². The second kappa shape index (κ2) is 8.58. The standard InChI is InChI=1S/C12H22N2O2S/c1-3-10(13)8-11-9-17-12(14-11)4-5-16-7-6-15-2/h9-10H,3-8,13H2,1-2H3. The summed E-state index contributed by atoms with van der Waals surface area (Å²) in [5.41, 5.74) is 7.00. The summed E-state index contributed by atoms with van der Waals surface area (Å²) in [4.78, 5) is 4.54. The van der Waals surface area contributed by atoms with Gasteiger partial charge in [0, 0.05) is 31.4 Å². The Bertz CT molecular complexity index is 304. The van der Waals surface area contributed by atoms with Crippen LogP contribution < -0.4 is 5.73 Å². The summed E-state index contributed by atoms with van der Waals surface area (Å²) in [6, 6.07) is 0.225. The van der Waals surface area contributed by atoms with Crippen LogP contribution in [-0.2, 0) is 22.3 Å². The van der Waals surface area contributed by atoms with Crippen molar-refractivity contribution in [1.29, 1.82) is 0 Å². The van der Waals surface area contributed by atoms with Crippen molar-refractivity contribution in [3.8, 4) is 0 Å². The SMILES string of the molecule is CCC(N)Cc1csc(CCOCCOC)n1. The smallest absolute Gasteiger partial charge is 0.0951 e. The quantitative estimate of drug-likeness (QED) is 0.684. The minimum Gasteiger partial charge on any atom is -0.382 e. The molecule has 1 aromatic rings. The summed E-state index contributed by atoms with van der Waals surface area (Å²) < 4.78 is 10.3. The van der Waals surface area contributed by atoms with Gasteiger partial charge in [-0.1, -0.05) is 6.92 Å². The summed E-state index contributed by atoms with van der Waals surface area (Å²) in [6.45, 7) is 4.10. The Balaban J connectivity index is 2.21. The normalized spacial score (nSPS) is 12.9. The summed E-state index contributed by atoms with van der Waals surface area (Å²) in [6.07, 6.45) is 2.74. The average Bonchev–Trinajstić information content (AvgIpc) is 2.76. The molecule has 0 bridgehead atoms. The van der Waals surface area contributed by atoms with E-state index in [0.29, 0.717) is 19.8 Å². The van der Waals surface area contributed by atoms with Crippen LogP contribution in [0.1, 0.15) is 24.0 Å². The van der Waals surface area contributed by atoms with E-state index in [4.69, 9.17) is 15.2 Å². The lowest BCUT2D eigenvalue weighted by atomic mass is 10.1. The molecule has 0 fully saturated rings. The minimum atomic E-state index is 0.225. The fourth-order valence-corrected chi connectivity index (χ4v) is 2.17. The molecule has 5 heteroatoms. The van der Waals surface area contributed by atoms with Crippen LogP contribution in [0, 0.1) is 0 Å². The van der Waals surface area contributed by atoms with E-state index in [1.165, 1.54) is 0 Å². The zero-order valence-electron chi connectivity index (χ0n) is 10.6. The van der Waals surface area contributed by atoms with Gasteiger partial charge in [0.2, 0.25) is 0 Å². The van der Waals surface area contributed by atoms with Gasteiger partial charge in [-0.3, -0.25) is 0 Å². The second-order valence-electron chi connectivity index (χ2n) is 3.96. The van der Waals surface area contributed by atoms with E-state index in [0.717, 1.165) is 30.0 Å². The first-order chi connectivity index (χ1) is 8.26. The Morgan fingerprint density at radius 2 is 2.24 bits per heavy atom. The molecular formula is C12H22N2O2S. The zero-order chi connectivity index (χ0) is 12.5. The van der Waals surface area contributed by atoms with Crippen molar-refractivity contribution >= 4 is 11.3 Å². The van der Waals surface area contributed by atoms with E-state index < -0.39 is 0 Å². The number of nitrogens with two attached hydrogens (primary N) is 1. The maximum absolute atomic E-state index is 5.90. The van der Waals surface area contributed by atoms with Gasteiger partial charge in [0.1, 0.15) is 0 Å². The lowest BCUT2D eigenvalue weighted by molar-refractivity contribution is 0.0722. The van der Waals surface area contributed by atoms with Gasteiger partial charge in [0.05, 0.1) is 30.5 Å². The Morgan fingerprint density at radius 3 is 2.94 bits per heavy atom. The third kappa shape index (κ3) is 6.12. The van der Waals surface area contributed by atoms with E-state index in [1.807, 2.05) is 0 Å². The molecule has 0 amide bonds. The Kier molecular flexibility index (Phi) is 7.35. The Labute approximate surface area is 107 Å². The maximum atomic E-state index is 5.90. The van der Waals surface area contributed by atoms with E-state index in [9.17, 15) is 0 Å². The van der Waals surface area contributed by atoms with Gasteiger partial charge >= 0.3 is 0 Å². The molecule has 0 saturated carbocycles. The third-order valence-corrected chi connectivity index (χ3v) is 3.44. The monoisotopic (exact) mass is 258 g/mol. The van der Waals surface area contributed by atoms with Gasteiger partial charge in [0.25, 0.3) is 0 Å². The molecule has 1 aromatic heterocycles. The van der Waals surface area contributed by atoms with Crippen LogP contribution in [-0.4, -0.2) is 38.0 Å². The summed E-state index contributed by atoms with van der Waals surface area (Å²) in [7, 11) is 1.67. The zero-order valence-corrected chi connectivity index (χ0v) is 11.5. The first-order valence-electron chi connectivity index (χ1n) is 6.01. The van der Waals surface area contributed by atoms with Crippen molar-refractivity contribution in [2.24, 2.45) is 5.73 Å². The largest absolute Gasteiger partial charge is 0.382 e. The van der Waals surface area contributed by atoms with Crippen LogP contribution in [0.15, 0.2) is 5.38 Å². The average molecular weight is 258 g/mol. The van der Waals surface area contributed by atoms with Crippen LogP contribution in [0.2, 0.25) is 0 Å². The summed E-state index contributed by atoms with van der Waals surface area (Å²) >= 11 is 1.69. The molecule has 0 saturated heterocycles. The fraction of sp³-hybridized carbons (Fsp3) is 0.750. The van der Waals surface area contributed by atoms with Crippen LogP contribution in [0.4, 0.5) is 0 Å². The molecule has 0 aromatic carbocycles. The second-order valence-corrected chi connectivity index (χ2v) is 4.90. The van der Waals surface area contributed by atoms with Crippen LogP contribution in [0.3, 0.4) is 0 Å². The van der Waals surface area contributed by atoms with Crippen molar-refractivity contribution in [2.75, 3.05) is 26.9 Å². The fourth-order valence-electron chi connectivity index (χ4n) is 1.37. The predicted octanol–water partition coefficient (Wildman–Crippen LogP) is 1.63. The van der Waals surface area contributed by atoms with E-state index in [1.54, 1.807) is 18.4 Å². The highest BCUT2D eigenvalue weighted by Gasteiger charge is 2.06. The maximum Gasteiger partial charge on any atom is 0.0951 e. The molecule has 1 heterocycles. The van der Waals surface area contributed by atoms with Crippen LogP contribution >= 0.6 is 11.3 Å². The van der Waals surface area contributed by atoms with E-state index in [2.05, 4.69) is 17.3 Å². The molecule has 0 aliphatic rings. The summed E-state index contributed by atoms with van der Waals surface area (Å²) in [5.74, 6) is 0. The molecule has 1 atom stereocenters. The number of thiazole rings is 1. The number of nitrogens with zero attached hydrogens (tertiary/aromatic N) is 1. The van der Waals surface area contributed by atoms with E-state index in [-0.39, 0.29) is 6.04 Å². The van der Waals surface area contributed by atoms with Gasteiger partial charge in [-0.2, -0.15) is 0 Å². The predicted molar refractivity (Wildman–Crippen MR) is 70.5 cm³/mol. The number of rotatable bonds is 9. The summed E-state index contributed by atoms with van der Waals surface area (Å²) in [5, 5.41) is 3.22. The number of hydrogen-bond donors (Lipinski definition) is 1. The van der Waals surface area contributed by atoms with Gasteiger partial charge in [-0.05, 0) is 6.42 Å². The molecule has 4 nitrogen and oxygen atoms in total. The Morgan fingerprint density at radius 1 is 1.41 bits per heavy atom. The molecule has 0 aliphatic carbocycles. The highest BCUT2D eigenvalue weighted by Crippen LogP contribution is 2.12. The lowest BCUT2D eigenvalue weighted by Gasteiger charge is -2.04. The molecule has 2 N–H and O–H groups in total. The van der Waals surface area contributed by atoms with Gasteiger partial charge in [-0.25, -0.2) is 4.98 Å². The van der Waals surface area contributed by atoms with Crippen LogP contribution in [0.5, 0.6) is 0 Å². The van der Waals surface area contributed by atoms with Crippen molar-refractivity contribution in [1.82, 2.24) is 4.98 Å². The molecule has 1 rings (SSSR count). The Hall–Kier alpha value is -0.490. The van der Waals surface area contributed by atoms with E-state index >= 15 is 0 Å². The molecule has 17 heavy (non-hydrogen) atoms. The van der Waals surface area contributed by atoms with Gasteiger partial charge in [0.15, 0.2) is 0 Å². The number of methoxy groups -OCH3 is 1. The number of hydrogen-bond acceptors (Lipinski definition) is 5. The van der Waals surface area contributed by atoms with Crippen molar-refractivity contribution < 1.29 is 9.47 Å². The third-order valence-electron chi connectivity index (χ3n) is 2.49. The lowest BCUT2D eigenvalue weighted by Crippen LogP contribution is -2.21. The molecule has 98 valence electrons. The van der Waals surface area contributed by atoms with Crippen molar-refractivity contribution in [3.63, 3.8) is 0 Å². The number of aromatic nitrogens is 1. The highest BCUT2D eigenvalue weighted by molar-refractivity contribution is 7.09. The van der Waals surface area contributed by atoms with Crippen molar-refractivity contribution in [2.45, 2.75) is 32.2 Å². The molecule has 0 aliphatic heterocycles. The molecule has 0 radical (unpaired) electrons. The molecule has 0 spiro atoms. The first-order valence-corrected chi connectivity index (χ1v) is 6.89.